The van der Waals surface area contributed by atoms with Crippen LogP contribution in [0.15, 0.2) is 12.1 Å². The molecule has 0 aromatic heterocycles. The maximum Gasteiger partial charge on any atom is 0.254 e. The second-order valence-electron chi connectivity index (χ2n) is 6.89. The van der Waals surface area contributed by atoms with Crippen molar-refractivity contribution >= 4 is 11.8 Å². The molecule has 1 atom stereocenters. The summed E-state index contributed by atoms with van der Waals surface area (Å²) in [6.45, 7) is 2.86. The quantitative estimate of drug-likeness (QED) is 0.757. The van der Waals surface area contributed by atoms with Gasteiger partial charge in [0.25, 0.3) is 11.8 Å². The van der Waals surface area contributed by atoms with Crippen LogP contribution in [0, 0.1) is 0 Å². The smallest absolute Gasteiger partial charge is 0.254 e. The lowest BCUT2D eigenvalue weighted by Gasteiger charge is -2.24. The summed E-state index contributed by atoms with van der Waals surface area (Å²) in [5, 5.41) is 0. The Bertz CT molecular complexity index is 692. The van der Waals surface area contributed by atoms with Crippen LogP contribution in [0.25, 0.3) is 0 Å². The minimum Gasteiger partial charge on any atom is -0.493 e. The van der Waals surface area contributed by atoms with Crippen molar-refractivity contribution < 1.29 is 28.5 Å². The molecule has 0 radical (unpaired) electrons. The molecule has 28 heavy (non-hydrogen) atoms. The fraction of sp³-hybridized carbons (Fsp3) is 0.600. The zero-order chi connectivity index (χ0) is 20.1. The van der Waals surface area contributed by atoms with Gasteiger partial charge >= 0.3 is 0 Å². The molecule has 2 heterocycles. The molecule has 2 saturated heterocycles. The summed E-state index contributed by atoms with van der Waals surface area (Å²) >= 11 is 0. The standard InChI is InChI=1S/C20H28N2O6/c1-25-16-12-14(13-17(26-2)18(16)27-3)19(23)21-7-5-8-22(10-9-21)20(24)15-6-4-11-28-15/h12-13,15H,4-11H2,1-3H3. The average Bonchev–Trinajstić information content (AvgIpc) is 3.16. The summed E-state index contributed by atoms with van der Waals surface area (Å²) < 4.78 is 21.5. The number of carbonyl (C=O) groups is 2. The Morgan fingerprint density at radius 1 is 0.929 bits per heavy atom. The van der Waals surface area contributed by atoms with Gasteiger partial charge in [0.2, 0.25) is 5.75 Å². The number of carbonyl (C=O) groups excluding carboxylic acids is 2. The van der Waals surface area contributed by atoms with E-state index in [1.807, 2.05) is 4.90 Å². The molecule has 0 aliphatic carbocycles. The van der Waals surface area contributed by atoms with Crippen molar-refractivity contribution in [3.8, 4) is 17.2 Å². The fourth-order valence-electron chi connectivity index (χ4n) is 3.70. The van der Waals surface area contributed by atoms with Crippen LogP contribution in [-0.4, -0.2) is 81.8 Å². The van der Waals surface area contributed by atoms with Gasteiger partial charge in [-0.15, -0.1) is 0 Å². The Labute approximate surface area is 165 Å². The van der Waals surface area contributed by atoms with Crippen molar-refractivity contribution in [2.45, 2.75) is 25.4 Å². The number of rotatable bonds is 5. The Morgan fingerprint density at radius 3 is 2.14 bits per heavy atom. The maximum absolute atomic E-state index is 13.1. The molecule has 1 aromatic rings. The highest BCUT2D eigenvalue weighted by Gasteiger charge is 2.30. The van der Waals surface area contributed by atoms with E-state index >= 15 is 0 Å². The molecule has 8 heteroatoms. The van der Waals surface area contributed by atoms with E-state index in [9.17, 15) is 9.59 Å². The lowest BCUT2D eigenvalue weighted by atomic mass is 10.1. The molecular formula is C20H28N2O6. The van der Waals surface area contributed by atoms with Gasteiger partial charge in [-0.25, -0.2) is 0 Å². The molecule has 2 fully saturated rings. The molecule has 2 aliphatic rings. The number of hydrogen-bond donors (Lipinski definition) is 0. The van der Waals surface area contributed by atoms with Gasteiger partial charge in [0.15, 0.2) is 11.5 Å². The number of benzene rings is 1. The van der Waals surface area contributed by atoms with E-state index in [-0.39, 0.29) is 17.9 Å². The normalized spacial score (nSPS) is 19.9. The molecule has 2 aliphatic heterocycles. The molecule has 154 valence electrons. The van der Waals surface area contributed by atoms with Crippen LogP contribution in [0.3, 0.4) is 0 Å². The van der Waals surface area contributed by atoms with Gasteiger partial charge in [-0.2, -0.15) is 0 Å². The Morgan fingerprint density at radius 2 is 1.57 bits per heavy atom. The van der Waals surface area contributed by atoms with E-state index in [1.54, 1.807) is 17.0 Å². The number of ether oxygens (including phenoxy) is 4. The minimum atomic E-state index is -0.322. The van der Waals surface area contributed by atoms with Crippen molar-refractivity contribution in [1.29, 1.82) is 0 Å². The predicted octanol–water partition coefficient (Wildman–Crippen LogP) is 1.57. The molecular weight excluding hydrogens is 364 g/mol. The first kappa shape index (κ1) is 20.3. The third-order valence-electron chi connectivity index (χ3n) is 5.21. The van der Waals surface area contributed by atoms with Crippen LogP contribution >= 0.6 is 0 Å². The first-order valence-corrected chi connectivity index (χ1v) is 9.58. The first-order valence-electron chi connectivity index (χ1n) is 9.58. The van der Waals surface area contributed by atoms with Gasteiger partial charge in [0.1, 0.15) is 6.10 Å². The summed E-state index contributed by atoms with van der Waals surface area (Å²) in [6, 6.07) is 3.31. The largest absolute Gasteiger partial charge is 0.493 e. The van der Waals surface area contributed by atoms with Crippen LogP contribution in [0.4, 0.5) is 0 Å². The summed E-state index contributed by atoms with van der Waals surface area (Å²) in [7, 11) is 4.56. The molecule has 1 aromatic carbocycles. The summed E-state index contributed by atoms with van der Waals surface area (Å²) in [4.78, 5) is 29.2. The molecule has 1 unspecified atom stereocenters. The molecule has 3 rings (SSSR count). The highest BCUT2D eigenvalue weighted by molar-refractivity contribution is 5.95. The van der Waals surface area contributed by atoms with Crippen LogP contribution in [0.2, 0.25) is 0 Å². The molecule has 0 bridgehead atoms. The third-order valence-corrected chi connectivity index (χ3v) is 5.21. The van der Waals surface area contributed by atoms with E-state index in [0.29, 0.717) is 55.6 Å². The number of amides is 2. The van der Waals surface area contributed by atoms with Crippen molar-refractivity contribution in [2.24, 2.45) is 0 Å². The average molecular weight is 392 g/mol. The Balaban J connectivity index is 1.71. The van der Waals surface area contributed by atoms with Gasteiger partial charge < -0.3 is 28.7 Å². The third kappa shape index (κ3) is 4.16. The highest BCUT2D eigenvalue weighted by Crippen LogP contribution is 2.38. The minimum absolute atomic E-state index is 0.0413. The Hall–Kier alpha value is -2.48. The number of hydrogen-bond acceptors (Lipinski definition) is 6. The Kier molecular flexibility index (Phi) is 6.61. The molecule has 0 N–H and O–H groups in total. The lowest BCUT2D eigenvalue weighted by Crippen LogP contribution is -2.41. The van der Waals surface area contributed by atoms with Gasteiger partial charge in [0, 0.05) is 38.3 Å². The highest BCUT2D eigenvalue weighted by atomic mass is 16.5. The van der Waals surface area contributed by atoms with Crippen LogP contribution in [0.5, 0.6) is 17.2 Å². The van der Waals surface area contributed by atoms with Crippen LogP contribution in [-0.2, 0) is 9.53 Å². The van der Waals surface area contributed by atoms with Crippen molar-refractivity contribution in [1.82, 2.24) is 9.80 Å². The lowest BCUT2D eigenvalue weighted by molar-refractivity contribution is -0.140. The van der Waals surface area contributed by atoms with Crippen molar-refractivity contribution in [3.63, 3.8) is 0 Å². The summed E-state index contributed by atoms with van der Waals surface area (Å²) in [5.41, 5.74) is 0.466. The monoisotopic (exact) mass is 392 g/mol. The predicted molar refractivity (Wildman–Crippen MR) is 102 cm³/mol. The van der Waals surface area contributed by atoms with E-state index in [0.717, 1.165) is 19.3 Å². The van der Waals surface area contributed by atoms with E-state index < -0.39 is 0 Å². The van der Waals surface area contributed by atoms with E-state index in [1.165, 1.54) is 21.3 Å². The molecule has 0 saturated carbocycles. The SMILES string of the molecule is COc1cc(C(=O)N2CCCN(C(=O)C3CCCO3)CC2)cc(OC)c1OC. The van der Waals surface area contributed by atoms with Crippen LogP contribution in [0.1, 0.15) is 29.6 Å². The zero-order valence-electron chi connectivity index (χ0n) is 16.7. The topological polar surface area (TPSA) is 77.5 Å². The van der Waals surface area contributed by atoms with Gasteiger partial charge in [0.05, 0.1) is 21.3 Å². The van der Waals surface area contributed by atoms with Crippen molar-refractivity contribution in [3.05, 3.63) is 17.7 Å². The van der Waals surface area contributed by atoms with Crippen molar-refractivity contribution in [2.75, 3.05) is 54.1 Å². The molecule has 0 spiro atoms. The second kappa shape index (κ2) is 9.14. The molecule has 8 nitrogen and oxygen atoms in total. The second-order valence-corrected chi connectivity index (χ2v) is 6.89. The fourth-order valence-corrected chi connectivity index (χ4v) is 3.70. The number of methoxy groups -OCH3 is 3. The van der Waals surface area contributed by atoms with E-state index in [2.05, 4.69) is 0 Å². The first-order chi connectivity index (χ1) is 13.6. The van der Waals surface area contributed by atoms with Gasteiger partial charge in [-0.05, 0) is 31.4 Å². The van der Waals surface area contributed by atoms with Gasteiger partial charge in [-0.3, -0.25) is 9.59 Å². The summed E-state index contributed by atoms with van der Waals surface area (Å²) in [6.07, 6.45) is 2.12. The van der Waals surface area contributed by atoms with Gasteiger partial charge in [-0.1, -0.05) is 0 Å². The molecule has 2 amide bonds. The summed E-state index contributed by atoms with van der Waals surface area (Å²) in [5.74, 6) is 1.25. The van der Waals surface area contributed by atoms with Crippen LogP contribution < -0.4 is 14.2 Å². The zero-order valence-corrected chi connectivity index (χ0v) is 16.7. The maximum atomic E-state index is 13.1. The van der Waals surface area contributed by atoms with E-state index in [4.69, 9.17) is 18.9 Å². The number of nitrogens with zero attached hydrogens (tertiary/aromatic N) is 2.